The quantitative estimate of drug-likeness (QED) is 0.613. The molecule has 0 amide bonds. The zero-order chi connectivity index (χ0) is 17.3. The van der Waals surface area contributed by atoms with E-state index in [4.69, 9.17) is 0 Å². The Morgan fingerprint density at radius 1 is 0.920 bits per heavy atom. The number of pyridine rings is 1. The molecule has 0 atom stereocenters. The van der Waals surface area contributed by atoms with Gasteiger partial charge in [-0.25, -0.2) is 4.98 Å². The summed E-state index contributed by atoms with van der Waals surface area (Å²) in [6.07, 6.45) is 5.73. The Hall–Kier alpha value is -2.95. The molecule has 2 heterocycles. The second-order valence-electron chi connectivity index (χ2n) is 5.95. The lowest BCUT2D eigenvalue weighted by molar-refractivity contribution is 0.857. The first kappa shape index (κ1) is 16.9. The van der Waals surface area contributed by atoms with Crippen LogP contribution in [0.15, 0.2) is 60.9 Å². The molecule has 0 saturated heterocycles. The SMILES string of the molecule is Cc1cc(NCCCc2ccccc2)nc(NCc2cccnc2)n1. The summed E-state index contributed by atoms with van der Waals surface area (Å²) in [5, 5.41) is 6.65. The van der Waals surface area contributed by atoms with E-state index in [-0.39, 0.29) is 0 Å². The fourth-order valence-corrected chi connectivity index (χ4v) is 2.58. The molecule has 3 aromatic rings. The van der Waals surface area contributed by atoms with E-state index in [0.29, 0.717) is 12.5 Å². The molecule has 0 unspecified atom stereocenters. The predicted molar refractivity (Wildman–Crippen MR) is 102 cm³/mol. The Bertz CT molecular complexity index is 775. The third-order valence-electron chi connectivity index (χ3n) is 3.82. The van der Waals surface area contributed by atoms with Crippen molar-refractivity contribution in [1.82, 2.24) is 15.0 Å². The molecule has 25 heavy (non-hydrogen) atoms. The Morgan fingerprint density at radius 3 is 2.56 bits per heavy atom. The maximum Gasteiger partial charge on any atom is 0.225 e. The largest absolute Gasteiger partial charge is 0.370 e. The monoisotopic (exact) mass is 333 g/mol. The molecule has 0 radical (unpaired) electrons. The highest BCUT2D eigenvalue weighted by Crippen LogP contribution is 2.11. The minimum atomic E-state index is 0.634. The molecule has 128 valence electrons. The van der Waals surface area contributed by atoms with Gasteiger partial charge >= 0.3 is 0 Å². The van der Waals surface area contributed by atoms with Gasteiger partial charge in [-0.3, -0.25) is 4.98 Å². The van der Waals surface area contributed by atoms with E-state index in [9.17, 15) is 0 Å². The number of hydrogen-bond donors (Lipinski definition) is 2. The molecule has 2 aromatic heterocycles. The predicted octanol–water partition coefficient (Wildman–Crippen LogP) is 3.84. The third kappa shape index (κ3) is 5.57. The van der Waals surface area contributed by atoms with Crippen LogP contribution in [-0.2, 0) is 13.0 Å². The number of hydrogen-bond acceptors (Lipinski definition) is 5. The lowest BCUT2D eigenvalue weighted by Crippen LogP contribution is -2.09. The van der Waals surface area contributed by atoms with Crippen molar-refractivity contribution in [2.75, 3.05) is 17.2 Å². The van der Waals surface area contributed by atoms with Gasteiger partial charge in [0.05, 0.1) is 0 Å². The van der Waals surface area contributed by atoms with Crippen LogP contribution in [0, 0.1) is 6.92 Å². The van der Waals surface area contributed by atoms with Gasteiger partial charge in [-0.2, -0.15) is 4.98 Å². The van der Waals surface area contributed by atoms with Gasteiger partial charge < -0.3 is 10.6 Å². The average molecular weight is 333 g/mol. The lowest BCUT2D eigenvalue weighted by atomic mass is 10.1. The van der Waals surface area contributed by atoms with Gasteiger partial charge in [0.15, 0.2) is 0 Å². The normalized spacial score (nSPS) is 10.4. The van der Waals surface area contributed by atoms with Crippen molar-refractivity contribution in [3.63, 3.8) is 0 Å². The molecule has 0 aliphatic carbocycles. The Morgan fingerprint density at radius 2 is 1.76 bits per heavy atom. The van der Waals surface area contributed by atoms with E-state index in [0.717, 1.165) is 36.5 Å². The van der Waals surface area contributed by atoms with Crippen LogP contribution >= 0.6 is 0 Å². The third-order valence-corrected chi connectivity index (χ3v) is 3.82. The van der Waals surface area contributed by atoms with Gasteiger partial charge in [0.1, 0.15) is 5.82 Å². The second kappa shape index (κ2) is 8.78. The van der Waals surface area contributed by atoms with Crippen LogP contribution in [0.3, 0.4) is 0 Å². The molecule has 5 nitrogen and oxygen atoms in total. The molecule has 0 saturated carbocycles. The van der Waals surface area contributed by atoms with Crippen molar-refractivity contribution >= 4 is 11.8 Å². The van der Waals surface area contributed by atoms with Crippen molar-refractivity contribution in [2.45, 2.75) is 26.3 Å². The summed E-state index contributed by atoms with van der Waals surface area (Å²) in [6, 6.07) is 16.5. The van der Waals surface area contributed by atoms with Gasteiger partial charge in [-0.15, -0.1) is 0 Å². The Labute approximate surface area is 148 Å². The maximum atomic E-state index is 4.54. The van der Waals surface area contributed by atoms with E-state index < -0.39 is 0 Å². The van der Waals surface area contributed by atoms with Crippen LogP contribution in [-0.4, -0.2) is 21.5 Å². The highest BCUT2D eigenvalue weighted by Gasteiger charge is 2.02. The van der Waals surface area contributed by atoms with Gasteiger partial charge in [0.2, 0.25) is 5.95 Å². The minimum absolute atomic E-state index is 0.634. The summed E-state index contributed by atoms with van der Waals surface area (Å²) < 4.78 is 0. The van der Waals surface area contributed by atoms with Crippen molar-refractivity contribution in [1.29, 1.82) is 0 Å². The van der Waals surface area contributed by atoms with Crippen molar-refractivity contribution < 1.29 is 0 Å². The number of aryl methyl sites for hydroxylation is 2. The van der Waals surface area contributed by atoms with E-state index in [2.05, 4.69) is 49.9 Å². The summed E-state index contributed by atoms with van der Waals surface area (Å²) >= 11 is 0. The number of anilines is 2. The van der Waals surface area contributed by atoms with Crippen LogP contribution in [0.5, 0.6) is 0 Å². The summed E-state index contributed by atoms with van der Waals surface area (Å²) in [6.45, 7) is 3.52. The minimum Gasteiger partial charge on any atom is -0.370 e. The molecule has 3 rings (SSSR count). The van der Waals surface area contributed by atoms with Crippen LogP contribution in [0.25, 0.3) is 0 Å². The fourth-order valence-electron chi connectivity index (χ4n) is 2.58. The van der Waals surface area contributed by atoms with Crippen LogP contribution in [0.4, 0.5) is 11.8 Å². The highest BCUT2D eigenvalue weighted by atomic mass is 15.1. The molecule has 2 N–H and O–H groups in total. The lowest BCUT2D eigenvalue weighted by Gasteiger charge is -2.10. The zero-order valence-electron chi connectivity index (χ0n) is 14.4. The fraction of sp³-hybridized carbons (Fsp3) is 0.250. The average Bonchev–Trinajstić information content (AvgIpc) is 2.65. The van der Waals surface area contributed by atoms with Crippen LogP contribution in [0.1, 0.15) is 23.2 Å². The van der Waals surface area contributed by atoms with Gasteiger partial charge in [-0.05, 0) is 37.0 Å². The Kier molecular flexibility index (Phi) is 5.93. The molecule has 0 bridgehead atoms. The van der Waals surface area contributed by atoms with Crippen molar-refractivity contribution in [3.8, 4) is 0 Å². The van der Waals surface area contributed by atoms with Crippen molar-refractivity contribution in [3.05, 3.63) is 77.7 Å². The van der Waals surface area contributed by atoms with E-state index in [1.807, 2.05) is 37.4 Å². The maximum absolute atomic E-state index is 4.54. The smallest absolute Gasteiger partial charge is 0.225 e. The molecule has 1 aromatic carbocycles. The van der Waals surface area contributed by atoms with Crippen LogP contribution in [0.2, 0.25) is 0 Å². The molecular weight excluding hydrogens is 310 g/mol. The first-order valence-corrected chi connectivity index (χ1v) is 8.56. The summed E-state index contributed by atoms with van der Waals surface area (Å²) in [7, 11) is 0. The number of nitrogens with zero attached hydrogens (tertiary/aromatic N) is 3. The van der Waals surface area contributed by atoms with Gasteiger partial charge in [-0.1, -0.05) is 36.4 Å². The van der Waals surface area contributed by atoms with E-state index >= 15 is 0 Å². The second-order valence-corrected chi connectivity index (χ2v) is 5.95. The molecule has 0 aliphatic rings. The number of aromatic nitrogens is 3. The first-order valence-electron chi connectivity index (χ1n) is 8.56. The molecule has 5 heteroatoms. The van der Waals surface area contributed by atoms with Crippen molar-refractivity contribution in [2.24, 2.45) is 0 Å². The number of nitrogens with one attached hydrogen (secondary N) is 2. The number of rotatable bonds is 8. The molecule has 0 fully saturated rings. The molecular formula is C20H23N5. The van der Waals surface area contributed by atoms with E-state index in [1.54, 1.807) is 6.20 Å². The summed E-state index contributed by atoms with van der Waals surface area (Å²) in [5.74, 6) is 1.49. The summed E-state index contributed by atoms with van der Waals surface area (Å²) in [4.78, 5) is 13.1. The molecule has 0 spiro atoms. The summed E-state index contributed by atoms with van der Waals surface area (Å²) in [5.41, 5.74) is 3.40. The number of benzene rings is 1. The van der Waals surface area contributed by atoms with Crippen LogP contribution < -0.4 is 10.6 Å². The topological polar surface area (TPSA) is 62.7 Å². The van der Waals surface area contributed by atoms with E-state index in [1.165, 1.54) is 5.56 Å². The standard InChI is InChI=1S/C20H23N5/c1-16-13-19(22-12-6-9-17-7-3-2-4-8-17)25-20(24-16)23-15-18-10-5-11-21-14-18/h2-5,7-8,10-11,13-14H,6,9,12,15H2,1H3,(H2,22,23,24,25). The van der Waals surface area contributed by atoms with Gasteiger partial charge in [0.25, 0.3) is 0 Å². The van der Waals surface area contributed by atoms with Gasteiger partial charge in [0, 0.05) is 37.2 Å². The highest BCUT2D eigenvalue weighted by molar-refractivity contribution is 5.42. The Balaban J connectivity index is 1.50. The first-order chi connectivity index (χ1) is 12.3. The molecule has 0 aliphatic heterocycles. The zero-order valence-corrected chi connectivity index (χ0v) is 14.4.